The molecule has 0 radical (unpaired) electrons. The van der Waals surface area contributed by atoms with Gasteiger partial charge in [-0.25, -0.2) is 0 Å². The molecule has 92 valence electrons. The third kappa shape index (κ3) is 2.75. The molecule has 1 aromatic rings. The molecule has 2 nitrogen and oxygen atoms in total. The second kappa shape index (κ2) is 5.01. The molecule has 0 aliphatic carbocycles. The Balaban J connectivity index is 2.08. The van der Waals surface area contributed by atoms with Crippen molar-refractivity contribution < 1.29 is 9.53 Å². The van der Waals surface area contributed by atoms with Crippen LogP contribution in [-0.2, 0) is 16.0 Å². The molecule has 1 saturated heterocycles. The van der Waals surface area contributed by atoms with E-state index >= 15 is 0 Å². The molecule has 0 bridgehead atoms. The summed E-state index contributed by atoms with van der Waals surface area (Å²) in [6, 6.07) is 8.06. The van der Waals surface area contributed by atoms with E-state index in [1.165, 1.54) is 5.56 Å². The summed E-state index contributed by atoms with van der Waals surface area (Å²) in [6.45, 7) is 4.70. The smallest absolute Gasteiger partial charge is 0.168 e. The molecule has 1 aliphatic heterocycles. The van der Waals surface area contributed by atoms with Crippen LogP contribution in [0, 0.1) is 6.92 Å². The fourth-order valence-corrected chi connectivity index (χ4v) is 2.32. The van der Waals surface area contributed by atoms with Crippen molar-refractivity contribution >= 4 is 5.78 Å². The Hall–Kier alpha value is -1.15. The predicted octanol–water partition coefficient (Wildman–Crippen LogP) is 3.07. The minimum absolute atomic E-state index is 0.214. The van der Waals surface area contributed by atoms with Crippen molar-refractivity contribution in [1.29, 1.82) is 0 Å². The number of rotatable bonds is 3. The largest absolute Gasteiger partial charge is 0.367 e. The van der Waals surface area contributed by atoms with Crippen LogP contribution in [0.1, 0.15) is 37.3 Å². The molecule has 0 aromatic heterocycles. The second-order valence-corrected chi connectivity index (χ2v) is 5.06. The van der Waals surface area contributed by atoms with Crippen molar-refractivity contribution in [2.75, 3.05) is 6.61 Å². The number of hydrogen-bond donors (Lipinski definition) is 0. The highest BCUT2D eigenvalue weighted by Crippen LogP contribution is 2.27. The molecule has 0 amide bonds. The van der Waals surface area contributed by atoms with Crippen LogP contribution in [0.25, 0.3) is 0 Å². The van der Waals surface area contributed by atoms with Gasteiger partial charge in [-0.1, -0.05) is 24.3 Å². The number of aryl methyl sites for hydroxylation is 1. The lowest BCUT2D eigenvalue weighted by Gasteiger charge is -2.32. The SMILES string of the molecule is Cc1ccccc1CC(=O)C1(C)CCCCO1. The Morgan fingerprint density at radius 2 is 2.12 bits per heavy atom. The van der Waals surface area contributed by atoms with E-state index in [4.69, 9.17) is 4.74 Å². The van der Waals surface area contributed by atoms with Crippen molar-refractivity contribution in [3.63, 3.8) is 0 Å². The first-order valence-electron chi connectivity index (χ1n) is 6.33. The number of ketones is 1. The molecule has 1 aliphatic rings. The maximum atomic E-state index is 12.3. The normalized spacial score (nSPS) is 24.6. The third-order valence-corrected chi connectivity index (χ3v) is 3.67. The highest BCUT2D eigenvalue weighted by molar-refractivity contribution is 5.89. The Kier molecular flexibility index (Phi) is 3.63. The Labute approximate surface area is 103 Å². The minimum atomic E-state index is -0.555. The number of hydrogen-bond acceptors (Lipinski definition) is 2. The summed E-state index contributed by atoms with van der Waals surface area (Å²) < 4.78 is 5.69. The lowest BCUT2D eigenvalue weighted by molar-refractivity contribution is -0.147. The molecule has 1 fully saturated rings. The van der Waals surface area contributed by atoms with E-state index in [9.17, 15) is 4.79 Å². The third-order valence-electron chi connectivity index (χ3n) is 3.67. The molecule has 2 heteroatoms. The highest BCUT2D eigenvalue weighted by atomic mass is 16.5. The standard InChI is InChI=1S/C15H20O2/c1-12-7-3-4-8-13(12)11-14(16)15(2)9-5-6-10-17-15/h3-4,7-8H,5-6,9-11H2,1-2H3. The molecule has 0 saturated carbocycles. The van der Waals surface area contributed by atoms with Gasteiger partial charge < -0.3 is 4.74 Å². The van der Waals surface area contributed by atoms with E-state index in [0.29, 0.717) is 6.42 Å². The number of benzene rings is 1. The average molecular weight is 232 g/mol. The molecule has 1 unspecified atom stereocenters. The monoisotopic (exact) mass is 232 g/mol. The van der Waals surface area contributed by atoms with Gasteiger partial charge in [-0.05, 0) is 44.2 Å². The van der Waals surface area contributed by atoms with Crippen LogP contribution in [0.5, 0.6) is 0 Å². The lowest BCUT2D eigenvalue weighted by atomic mass is 9.87. The first kappa shape index (κ1) is 12.3. The number of carbonyl (C=O) groups excluding carboxylic acids is 1. The van der Waals surface area contributed by atoms with Gasteiger partial charge in [-0.15, -0.1) is 0 Å². The fourth-order valence-electron chi connectivity index (χ4n) is 2.32. The topological polar surface area (TPSA) is 26.3 Å². The van der Waals surface area contributed by atoms with Gasteiger partial charge >= 0.3 is 0 Å². The molecule has 1 atom stereocenters. The number of ether oxygens (including phenoxy) is 1. The van der Waals surface area contributed by atoms with E-state index in [-0.39, 0.29) is 5.78 Å². The highest BCUT2D eigenvalue weighted by Gasteiger charge is 2.35. The van der Waals surface area contributed by atoms with Crippen LogP contribution in [-0.4, -0.2) is 18.0 Å². The van der Waals surface area contributed by atoms with Gasteiger partial charge in [0.15, 0.2) is 5.78 Å². The van der Waals surface area contributed by atoms with E-state index in [0.717, 1.165) is 31.4 Å². The lowest BCUT2D eigenvalue weighted by Crippen LogP contribution is -2.42. The van der Waals surface area contributed by atoms with Gasteiger partial charge in [0.25, 0.3) is 0 Å². The van der Waals surface area contributed by atoms with Gasteiger partial charge in [0.05, 0.1) is 0 Å². The summed E-state index contributed by atoms with van der Waals surface area (Å²) in [5.74, 6) is 0.214. The Morgan fingerprint density at radius 1 is 1.35 bits per heavy atom. The van der Waals surface area contributed by atoms with Gasteiger partial charge in [0, 0.05) is 13.0 Å². The van der Waals surface area contributed by atoms with Crippen LogP contribution in [0.4, 0.5) is 0 Å². The van der Waals surface area contributed by atoms with Crippen LogP contribution in [0.2, 0.25) is 0 Å². The fraction of sp³-hybridized carbons (Fsp3) is 0.533. The van der Waals surface area contributed by atoms with Crippen molar-refractivity contribution in [3.05, 3.63) is 35.4 Å². The zero-order chi connectivity index (χ0) is 12.3. The zero-order valence-electron chi connectivity index (χ0n) is 10.7. The second-order valence-electron chi connectivity index (χ2n) is 5.06. The quantitative estimate of drug-likeness (QED) is 0.800. The summed E-state index contributed by atoms with van der Waals surface area (Å²) >= 11 is 0. The van der Waals surface area contributed by atoms with Gasteiger partial charge in [0.1, 0.15) is 5.60 Å². The Bertz CT molecular complexity index is 403. The average Bonchev–Trinajstić information content (AvgIpc) is 2.33. The van der Waals surface area contributed by atoms with E-state index < -0.39 is 5.60 Å². The number of carbonyl (C=O) groups is 1. The van der Waals surface area contributed by atoms with Crippen molar-refractivity contribution in [2.24, 2.45) is 0 Å². The molecule has 0 N–H and O–H groups in total. The molecular weight excluding hydrogens is 212 g/mol. The van der Waals surface area contributed by atoms with Crippen LogP contribution < -0.4 is 0 Å². The van der Waals surface area contributed by atoms with Crippen molar-refractivity contribution in [2.45, 2.75) is 45.1 Å². The first-order chi connectivity index (χ1) is 8.12. The van der Waals surface area contributed by atoms with E-state index in [2.05, 4.69) is 0 Å². The van der Waals surface area contributed by atoms with Crippen LogP contribution in [0.3, 0.4) is 0 Å². The molecule has 17 heavy (non-hydrogen) atoms. The maximum Gasteiger partial charge on any atom is 0.168 e. The van der Waals surface area contributed by atoms with E-state index in [1.54, 1.807) is 0 Å². The van der Waals surface area contributed by atoms with Crippen LogP contribution >= 0.6 is 0 Å². The molecule has 1 aromatic carbocycles. The van der Waals surface area contributed by atoms with E-state index in [1.807, 2.05) is 38.1 Å². The molecule has 2 rings (SSSR count). The van der Waals surface area contributed by atoms with Crippen molar-refractivity contribution in [1.82, 2.24) is 0 Å². The van der Waals surface area contributed by atoms with Crippen LogP contribution in [0.15, 0.2) is 24.3 Å². The molecular formula is C15H20O2. The number of Topliss-reactive ketones (excluding diaryl/α,β-unsaturated/α-hetero) is 1. The van der Waals surface area contributed by atoms with Crippen molar-refractivity contribution in [3.8, 4) is 0 Å². The zero-order valence-corrected chi connectivity index (χ0v) is 10.7. The summed E-state index contributed by atoms with van der Waals surface area (Å²) in [5.41, 5.74) is 1.74. The predicted molar refractivity (Wildman–Crippen MR) is 68.1 cm³/mol. The summed E-state index contributed by atoms with van der Waals surface area (Å²) in [4.78, 5) is 12.3. The van der Waals surface area contributed by atoms with Gasteiger partial charge in [0.2, 0.25) is 0 Å². The summed E-state index contributed by atoms with van der Waals surface area (Å²) in [5, 5.41) is 0. The van der Waals surface area contributed by atoms with Gasteiger partial charge in [-0.3, -0.25) is 4.79 Å². The summed E-state index contributed by atoms with van der Waals surface area (Å²) in [7, 11) is 0. The first-order valence-corrected chi connectivity index (χ1v) is 6.33. The molecule has 0 spiro atoms. The summed E-state index contributed by atoms with van der Waals surface area (Å²) in [6.07, 6.45) is 3.52. The molecule has 1 heterocycles. The Morgan fingerprint density at radius 3 is 2.76 bits per heavy atom. The maximum absolute atomic E-state index is 12.3. The minimum Gasteiger partial charge on any atom is -0.367 e. The van der Waals surface area contributed by atoms with Gasteiger partial charge in [-0.2, -0.15) is 0 Å².